The van der Waals surface area contributed by atoms with Crippen molar-refractivity contribution in [1.82, 2.24) is 4.90 Å². The maximum Gasteiger partial charge on any atom is 0.269 e. The molecule has 0 bridgehead atoms. The fraction of sp³-hybridized carbons (Fsp3) is 0.355. The van der Waals surface area contributed by atoms with Gasteiger partial charge in [0.25, 0.3) is 10.1 Å². The second-order valence-corrected chi connectivity index (χ2v) is 11.6. The zero-order valence-electron chi connectivity index (χ0n) is 22.3. The molecule has 1 saturated heterocycles. The van der Waals surface area contributed by atoms with E-state index in [4.69, 9.17) is 0 Å². The van der Waals surface area contributed by atoms with Gasteiger partial charge in [0.1, 0.15) is 5.75 Å². The minimum atomic E-state index is -4.11. The van der Waals surface area contributed by atoms with Crippen LogP contribution in [0.2, 0.25) is 0 Å². The highest BCUT2D eigenvalue weighted by Crippen LogP contribution is 2.36. The van der Waals surface area contributed by atoms with Gasteiger partial charge in [-0.1, -0.05) is 66.7 Å². The first-order valence-electron chi connectivity index (χ1n) is 13.3. The molecule has 2 N–H and O–H groups in total. The molecule has 0 amide bonds. The van der Waals surface area contributed by atoms with Crippen molar-refractivity contribution in [2.24, 2.45) is 0 Å². The molecule has 1 fully saturated rings. The van der Waals surface area contributed by atoms with E-state index in [0.29, 0.717) is 24.4 Å². The van der Waals surface area contributed by atoms with Crippen LogP contribution in [0.5, 0.6) is 0 Å². The van der Waals surface area contributed by atoms with Crippen molar-refractivity contribution in [2.75, 3.05) is 37.7 Å². The number of aliphatic hydroxyl groups excluding tert-OH is 1. The number of rotatable bonds is 10. The van der Waals surface area contributed by atoms with E-state index >= 15 is 0 Å². The number of benzene rings is 3. The van der Waals surface area contributed by atoms with Gasteiger partial charge in [-0.2, -0.15) is 8.42 Å². The Kier molecular flexibility index (Phi) is 9.39. The van der Waals surface area contributed by atoms with E-state index < -0.39 is 15.9 Å². The Bertz CT molecular complexity index is 1310. The summed E-state index contributed by atoms with van der Waals surface area (Å²) in [4.78, 5) is 4.94. The van der Waals surface area contributed by atoms with Crippen LogP contribution in [0.4, 0.5) is 5.69 Å². The molecule has 0 unspecified atom stereocenters. The predicted molar refractivity (Wildman–Crippen MR) is 156 cm³/mol. The number of nitrogens with zero attached hydrogens (tertiary/aromatic N) is 2. The largest absolute Gasteiger partial charge is 0.396 e. The Hall–Kier alpha value is -2.97. The molecule has 0 aromatic heterocycles. The molecule has 0 spiro atoms. The summed E-state index contributed by atoms with van der Waals surface area (Å²) in [6, 6.07) is 26.8. The minimum absolute atomic E-state index is 0.0954. The fourth-order valence-electron chi connectivity index (χ4n) is 5.14. The summed E-state index contributed by atoms with van der Waals surface area (Å²) in [6.45, 7) is 8.70. The predicted octanol–water partition coefficient (Wildman–Crippen LogP) is 5.34. The summed E-state index contributed by atoms with van der Waals surface area (Å²) in [5, 5.41) is 9.65. The molecule has 7 heteroatoms. The molecule has 0 radical (unpaired) electrons. The van der Waals surface area contributed by atoms with E-state index in [-0.39, 0.29) is 6.61 Å². The molecule has 0 saturated carbocycles. The summed E-state index contributed by atoms with van der Waals surface area (Å²) in [7, 11) is -4.11. The van der Waals surface area contributed by atoms with E-state index in [9.17, 15) is 18.1 Å². The summed E-state index contributed by atoms with van der Waals surface area (Å²) in [5.74, 6) is -0.416. The highest BCUT2D eigenvalue weighted by atomic mass is 32.2. The van der Waals surface area contributed by atoms with Crippen LogP contribution in [-0.4, -0.2) is 61.8 Å². The number of piperazine rings is 1. The van der Waals surface area contributed by atoms with Crippen molar-refractivity contribution >= 4 is 27.0 Å². The van der Waals surface area contributed by atoms with Crippen LogP contribution in [0.15, 0.2) is 78.9 Å². The molecule has 4 rings (SSSR count). The molecule has 202 valence electrons. The summed E-state index contributed by atoms with van der Waals surface area (Å²) in [6.07, 6.45) is 1.33. The average Bonchev–Trinajstić information content (AvgIpc) is 2.91. The molecule has 0 aliphatic carbocycles. The van der Waals surface area contributed by atoms with E-state index in [1.165, 1.54) is 5.69 Å². The zero-order valence-corrected chi connectivity index (χ0v) is 23.1. The van der Waals surface area contributed by atoms with Gasteiger partial charge in [-0.05, 0) is 72.2 Å². The summed E-state index contributed by atoms with van der Waals surface area (Å²) >= 11 is 0. The molecular formula is C31H38N2O4S. The van der Waals surface area contributed by atoms with Crippen molar-refractivity contribution in [3.05, 3.63) is 101 Å². The second kappa shape index (κ2) is 12.7. The number of hydrogen-bond acceptors (Lipinski definition) is 5. The molecule has 1 aliphatic rings. The van der Waals surface area contributed by atoms with Crippen molar-refractivity contribution in [3.63, 3.8) is 0 Å². The first kappa shape index (κ1) is 28.0. The lowest BCUT2D eigenvalue weighted by Crippen LogP contribution is -2.48. The van der Waals surface area contributed by atoms with Crippen molar-refractivity contribution < 1.29 is 18.1 Å². The topological polar surface area (TPSA) is 81.1 Å². The number of anilines is 1. The van der Waals surface area contributed by atoms with Crippen molar-refractivity contribution in [1.29, 1.82) is 0 Å². The molecule has 1 heterocycles. The van der Waals surface area contributed by atoms with E-state index in [1.807, 2.05) is 30.3 Å². The summed E-state index contributed by atoms with van der Waals surface area (Å²) < 4.78 is 32.0. The monoisotopic (exact) mass is 534 g/mol. The van der Waals surface area contributed by atoms with E-state index in [2.05, 4.69) is 60.0 Å². The van der Waals surface area contributed by atoms with Crippen molar-refractivity contribution in [3.8, 4) is 0 Å². The third kappa shape index (κ3) is 7.32. The maximum absolute atomic E-state index is 11.4. The minimum Gasteiger partial charge on any atom is -0.396 e. The van der Waals surface area contributed by atoms with Crippen LogP contribution in [0.3, 0.4) is 0 Å². The van der Waals surface area contributed by atoms with Crippen LogP contribution in [-0.2, 0) is 15.9 Å². The van der Waals surface area contributed by atoms with Crippen LogP contribution in [0.1, 0.15) is 48.9 Å². The SMILES string of the molecule is CC(C)N1CCN(c2ccc(C(=C(CCCO)c3ccccc3)c3ccc(CS(=O)(=O)O)cc3)cc2)CC1. The van der Waals surface area contributed by atoms with Gasteiger partial charge in [-0.3, -0.25) is 9.45 Å². The molecular weight excluding hydrogens is 496 g/mol. The highest BCUT2D eigenvalue weighted by molar-refractivity contribution is 7.85. The van der Waals surface area contributed by atoms with Crippen molar-refractivity contribution in [2.45, 2.75) is 38.5 Å². The smallest absolute Gasteiger partial charge is 0.269 e. The van der Waals surface area contributed by atoms with Gasteiger partial charge in [-0.25, -0.2) is 0 Å². The Labute approximate surface area is 227 Å². The average molecular weight is 535 g/mol. The molecule has 1 aliphatic heterocycles. The quantitative estimate of drug-likeness (QED) is 0.270. The fourth-order valence-corrected chi connectivity index (χ4v) is 5.75. The second-order valence-electron chi connectivity index (χ2n) is 10.1. The lowest BCUT2D eigenvalue weighted by Gasteiger charge is -2.38. The van der Waals surface area contributed by atoms with E-state index in [1.54, 1.807) is 12.1 Å². The van der Waals surface area contributed by atoms with Crippen LogP contribution >= 0.6 is 0 Å². The lowest BCUT2D eigenvalue weighted by atomic mass is 9.87. The Morgan fingerprint density at radius 1 is 0.816 bits per heavy atom. The van der Waals surface area contributed by atoms with Gasteiger partial charge in [0.2, 0.25) is 0 Å². The van der Waals surface area contributed by atoms with Gasteiger partial charge >= 0.3 is 0 Å². The van der Waals surface area contributed by atoms with Crippen LogP contribution in [0.25, 0.3) is 11.1 Å². The summed E-state index contributed by atoms with van der Waals surface area (Å²) in [5.41, 5.74) is 7.03. The van der Waals surface area contributed by atoms with Crippen LogP contribution in [0, 0.1) is 0 Å². The molecule has 38 heavy (non-hydrogen) atoms. The Balaban J connectivity index is 1.73. The number of aliphatic hydroxyl groups is 1. The Morgan fingerprint density at radius 2 is 1.39 bits per heavy atom. The third-order valence-electron chi connectivity index (χ3n) is 7.17. The molecule has 3 aromatic rings. The first-order valence-corrected chi connectivity index (χ1v) is 14.9. The van der Waals surface area contributed by atoms with Gasteiger partial charge in [0.15, 0.2) is 0 Å². The first-order chi connectivity index (χ1) is 18.2. The van der Waals surface area contributed by atoms with Gasteiger partial charge in [0.05, 0.1) is 0 Å². The van der Waals surface area contributed by atoms with Gasteiger partial charge in [0, 0.05) is 44.5 Å². The maximum atomic E-state index is 11.4. The van der Waals surface area contributed by atoms with Gasteiger partial charge < -0.3 is 10.0 Å². The number of allylic oxidation sites excluding steroid dienone is 1. The molecule has 0 atom stereocenters. The normalized spacial score (nSPS) is 15.6. The highest BCUT2D eigenvalue weighted by Gasteiger charge is 2.20. The molecule has 6 nitrogen and oxygen atoms in total. The van der Waals surface area contributed by atoms with Crippen LogP contribution < -0.4 is 4.90 Å². The van der Waals surface area contributed by atoms with E-state index in [0.717, 1.165) is 54.0 Å². The number of hydrogen-bond donors (Lipinski definition) is 2. The zero-order chi connectivity index (χ0) is 27.1. The lowest BCUT2D eigenvalue weighted by molar-refractivity contribution is 0.209. The Morgan fingerprint density at radius 3 is 1.92 bits per heavy atom. The standard InChI is InChI=1S/C31H38N2O4S/c1-24(2)32-18-20-33(21-19-32)29-16-14-28(15-17-29)31(27-12-10-25(11-13-27)23-38(35,36)37)30(9-6-22-34)26-7-4-3-5-8-26/h3-5,7-8,10-17,24,34H,6,9,18-23H2,1-2H3,(H,35,36,37). The molecule has 3 aromatic carbocycles. The van der Waals surface area contributed by atoms with Gasteiger partial charge in [-0.15, -0.1) is 0 Å². The third-order valence-corrected chi connectivity index (χ3v) is 7.86.